The number of amides is 1. The molecule has 0 radical (unpaired) electrons. The quantitative estimate of drug-likeness (QED) is 0.796. The van der Waals surface area contributed by atoms with Crippen molar-refractivity contribution >= 4 is 17.7 Å². The van der Waals surface area contributed by atoms with E-state index in [1.54, 1.807) is 12.1 Å². The van der Waals surface area contributed by atoms with E-state index >= 15 is 0 Å². The molecule has 2 atom stereocenters. The number of carbonyl (C=O) groups excluding carboxylic acids is 1. The summed E-state index contributed by atoms with van der Waals surface area (Å²) in [5, 5.41) is 6.43. The molecule has 2 unspecified atom stereocenters. The van der Waals surface area contributed by atoms with Gasteiger partial charge in [0.05, 0.1) is 19.3 Å². The minimum atomic E-state index is -0.245. The Morgan fingerprint density at radius 1 is 1.44 bits per heavy atom. The number of nitrogens with one attached hydrogen (secondary N) is 2. The Hall–Kier alpha value is -1.15. The topological polar surface area (TPSA) is 53.6 Å². The number of hydrogen-bond acceptors (Lipinski definition) is 5. The summed E-state index contributed by atoms with van der Waals surface area (Å²) >= 11 is 1.88. The van der Waals surface area contributed by atoms with Crippen LogP contribution in [0.2, 0.25) is 0 Å². The molecule has 1 aromatic carbocycles. The fourth-order valence-electron chi connectivity index (χ4n) is 3.32. The summed E-state index contributed by atoms with van der Waals surface area (Å²) in [5.74, 6) is 1.89. The van der Waals surface area contributed by atoms with Gasteiger partial charge in [-0.25, -0.2) is 4.39 Å². The maximum Gasteiger partial charge on any atom is 0.221 e. The first kappa shape index (κ1) is 18.6. The molecule has 2 aliphatic heterocycles. The monoisotopic (exact) mass is 367 g/mol. The molecule has 0 saturated carbocycles. The Morgan fingerprint density at radius 3 is 3.00 bits per heavy atom. The molecule has 0 aromatic heterocycles. The number of rotatable bonds is 6. The maximum atomic E-state index is 13.7. The van der Waals surface area contributed by atoms with Gasteiger partial charge in [-0.15, -0.1) is 0 Å². The van der Waals surface area contributed by atoms with Gasteiger partial charge in [0.1, 0.15) is 5.82 Å². The van der Waals surface area contributed by atoms with Gasteiger partial charge in [-0.05, 0) is 17.7 Å². The highest BCUT2D eigenvalue weighted by atomic mass is 32.2. The minimum Gasteiger partial charge on any atom is -0.379 e. The van der Waals surface area contributed by atoms with Crippen LogP contribution in [-0.2, 0) is 9.53 Å². The lowest BCUT2D eigenvalue weighted by Gasteiger charge is -2.35. The van der Waals surface area contributed by atoms with Gasteiger partial charge >= 0.3 is 0 Å². The van der Waals surface area contributed by atoms with Crippen LogP contribution in [0.3, 0.4) is 0 Å². The van der Waals surface area contributed by atoms with Crippen molar-refractivity contribution in [3.05, 3.63) is 35.6 Å². The van der Waals surface area contributed by atoms with E-state index in [1.165, 1.54) is 6.07 Å². The van der Waals surface area contributed by atoms with Gasteiger partial charge in [0.15, 0.2) is 0 Å². The molecule has 0 bridgehead atoms. The molecule has 3 rings (SSSR count). The first-order chi connectivity index (χ1) is 12.2. The fourth-order valence-corrected chi connectivity index (χ4v) is 4.27. The van der Waals surface area contributed by atoms with E-state index in [-0.39, 0.29) is 23.8 Å². The summed E-state index contributed by atoms with van der Waals surface area (Å²) in [6.07, 6.45) is 0.492. The van der Waals surface area contributed by atoms with Gasteiger partial charge in [-0.3, -0.25) is 9.69 Å². The highest BCUT2D eigenvalue weighted by Crippen LogP contribution is 2.22. The summed E-state index contributed by atoms with van der Waals surface area (Å²) < 4.78 is 19.1. The van der Waals surface area contributed by atoms with Crippen LogP contribution in [0.5, 0.6) is 0 Å². The third-order valence-electron chi connectivity index (χ3n) is 4.64. The van der Waals surface area contributed by atoms with Crippen LogP contribution in [0.4, 0.5) is 4.39 Å². The lowest BCUT2D eigenvalue weighted by molar-refractivity contribution is -0.121. The Kier molecular flexibility index (Phi) is 7.10. The van der Waals surface area contributed by atoms with E-state index in [0.717, 1.165) is 36.7 Å². The average molecular weight is 367 g/mol. The normalized spacial score (nSPS) is 23.2. The van der Waals surface area contributed by atoms with Crippen molar-refractivity contribution in [1.82, 2.24) is 15.5 Å². The highest BCUT2D eigenvalue weighted by Gasteiger charge is 2.24. The van der Waals surface area contributed by atoms with Crippen LogP contribution in [-0.4, -0.2) is 67.7 Å². The zero-order valence-corrected chi connectivity index (χ0v) is 15.2. The molecule has 2 N–H and O–H groups in total. The van der Waals surface area contributed by atoms with Gasteiger partial charge in [0.25, 0.3) is 0 Å². The molecule has 2 aliphatic rings. The van der Waals surface area contributed by atoms with E-state index in [4.69, 9.17) is 4.74 Å². The number of morpholine rings is 1. The van der Waals surface area contributed by atoms with Crippen molar-refractivity contribution in [2.75, 3.05) is 50.9 Å². The summed E-state index contributed by atoms with van der Waals surface area (Å²) in [6, 6.07) is 6.88. The number of ether oxygens (including phenoxy) is 1. The molecule has 25 heavy (non-hydrogen) atoms. The first-order valence-corrected chi connectivity index (χ1v) is 10.0. The minimum absolute atomic E-state index is 0.0303. The fraction of sp³-hybridized carbons (Fsp3) is 0.611. The van der Waals surface area contributed by atoms with E-state index in [2.05, 4.69) is 15.5 Å². The van der Waals surface area contributed by atoms with Crippen molar-refractivity contribution in [2.45, 2.75) is 18.5 Å². The number of hydrogen-bond donors (Lipinski definition) is 2. The number of halogens is 1. The van der Waals surface area contributed by atoms with Gasteiger partial charge in [0.2, 0.25) is 5.91 Å². The van der Waals surface area contributed by atoms with Crippen molar-refractivity contribution in [3.8, 4) is 0 Å². The second-order valence-corrected chi connectivity index (χ2v) is 7.60. The lowest BCUT2D eigenvalue weighted by atomic mass is 10.0. The Labute approximate surface area is 152 Å². The molecular weight excluding hydrogens is 341 g/mol. The number of nitrogens with zero attached hydrogens (tertiary/aromatic N) is 1. The van der Waals surface area contributed by atoms with E-state index in [9.17, 15) is 9.18 Å². The molecule has 1 aromatic rings. The molecule has 7 heteroatoms. The van der Waals surface area contributed by atoms with Crippen LogP contribution in [0.15, 0.2) is 24.3 Å². The smallest absolute Gasteiger partial charge is 0.221 e. The summed E-state index contributed by atoms with van der Waals surface area (Å²) in [7, 11) is 0. The molecule has 2 fully saturated rings. The molecule has 1 amide bonds. The summed E-state index contributed by atoms with van der Waals surface area (Å²) in [6.45, 7) is 4.37. The summed E-state index contributed by atoms with van der Waals surface area (Å²) in [4.78, 5) is 14.6. The van der Waals surface area contributed by atoms with Crippen molar-refractivity contribution < 1.29 is 13.9 Å². The van der Waals surface area contributed by atoms with Crippen LogP contribution in [0.1, 0.15) is 18.0 Å². The predicted octanol–water partition coefficient (Wildman–Crippen LogP) is 1.41. The zero-order valence-electron chi connectivity index (χ0n) is 14.4. The van der Waals surface area contributed by atoms with Crippen molar-refractivity contribution in [2.24, 2.45) is 0 Å². The standard InChI is InChI=1S/C18H26FN3O2S/c19-15-3-1-2-14(10-15)17(22-5-7-24-8-6-22)12-21-18(23)11-16-13-25-9-4-20-16/h1-3,10,16-17,20H,4-9,11-13H2,(H,21,23). The van der Waals surface area contributed by atoms with Gasteiger partial charge < -0.3 is 15.4 Å². The van der Waals surface area contributed by atoms with Crippen LogP contribution >= 0.6 is 11.8 Å². The molecule has 0 spiro atoms. The molecule has 0 aliphatic carbocycles. The Morgan fingerprint density at radius 2 is 2.28 bits per heavy atom. The SMILES string of the molecule is O=C(CC1CSCCN1)NCC(c1cccc(F)c1)N1CCOCC1. The Balaban J connectivity index is 1.59. The third kappa shape index (κ3) is 5.67. The number of thioether (sulfide) groups is 1. The largest absolute Gasteiger partial charge is 0.379 e. The second-order valence-electron chi connectivity index (χ2n) is 6.45. The van der Waals surface area contributed by atoms with E-state index in [1.807, 2.05) is 17.8 Å². The average Bonchev–Trinajstić information content (AvgIpc) is 2.64. The molecule has 5 nitrogen and oxygen atoms in total. The summed E-state index contributed by atoms with van der Waals surface area (Å²) in [5.41, 5.74) is 0.897. The van der Waals surface area contributed by atoms with Crippen LogP contribution in [0.25, 0.3) is 0 Å². The molecule has 138 valence electrons. The Bertz CT molecular complexity index is 563. The molecule has 2 heterocycles. The highest BCUT2D eigenvalue weighted by molar-refractivity contribution is 7.99. The molecule has 2 saturated heterocycles. The van der Waals surface area contributed by atoms with Gasteiger partial charge in [-0.2, -0.15) is 11.8 Å². The van der Waals surface area contributed by atoms with Crippen molar-refractivity contribution in [1.29, 1.82) is 0 Å². The first-order valence-electron chi connectivity index (χ1n) is 8.87. The second kappa shape index (κ2) is 9.52. The van der Waals surface area contributed by atoms with E-state index in [0.29, 0.717) is 26.2 Å². The predicted molar refractivity (Wildman–Crippen MR) is 98.3 cm³/mol. The lowest BCUT2D eigenvalue weighted by Crippen LogP contribution is -2.45. The zero-order chi connectivity index (χ0) is 17.5. The molecular formula is C18H26FN3O2S. The van der Waals surface area contributed by atoms with Crippen LogP contribution < -0.4 is 10.6 Å². The maximum absolute atomic E-state index is 13.7. The van der Waals surface area contributed by atoms with Gasteiger partial charge in [0, 0.05) is 50.1 Å². The number of benzene rings is 1. The van der Waals surface area contributed by atoms with E-state index < -0.39 is 0 Å². The van der Waals surface area contributed by atoms with Crippen molar-refractivity contribution in [3.63, 3.8) is 0 Å². The third-order valence-corrected chi connectivity index (χ3v) is 5.77. The van der Waals surface area contributed by atoms with Gasteiger partial charge in [-0.1, -0.05) is 12.1 Å². The van der Waals surface area contributed by atoms with Crippen LogP contribution in [0, 0.1) is 5.82 Å². The number of carbonyl (C=O) groups is 1.